The maximum absolute atomic E-state index is 3.04. The molecule has 2 unspecified atom stereocenters. The summed E-state index contributed by atoms with van der Waals surface area (Å²) < 4.78 is 6.87. The van der Waals surface area contributed by atoms with E-state index in [1.54, 1.807) is 11.1 Å². The van der Waals surface area contributed by atoms with Crippen molar-refractivity contribution in [3.05, 3.63) is 129 Å². The van der Waals surface area contributed by atoms with Crippen LogP contribution in [0.15, 0.2) is 95.3 Å². The van der Waals surface area contributed by atoms with Gasteiger partial charge in [0.1, 0.15) is 0 Å². The Morgan fingerprint density at radius 1 is 0.545 bits per heavy atom. The molecule has 4 aromatic rings. The number of allylic oxidation sites excluding steroid dienone is 2. The Kier molecular flexibility index (Phi) is 6.83. The van der Waals surface area contributed by atoms with Crippen molar-refractivity contribution in [2.45, 2.75) is 82.2 Å². The Bertz CT molecular complexity index is 1750. The third kappa shape index (κ3) is 4.53. The van der Waals surface area contributed by atoms with Gasteiger partial charge in [-0.3, -0.25) is 0 Å². The fourth-order valence-corrected chi connectivity index (χ4v) is 40.7. The van der Waals surface area contributed by atoms with E-state index in [1.165, 1.54) is 44.5 Å². The second kappa shape index (κ2) is 9.97. The van der Waals surface area contributed by atoms with Gasteiger partial charge in [0.25, 0.3) is 0 Å². The summed E-state index contributed by atoms with van der Waals surface area (Å²) in [7, 11) is -1.89. The molecular formula is C42H48HfSi. The van der Waals surface area contributed by atoms with E-state index in [-0.39, 0.29) is 10.8 Å². The number of hydrogen-bond donors (Lipinski definition) is 0. The van der Waals surface area contributed by atoms with Crippen molar-refractivity contribution in [3.63, 3.8) is 0 Å². The van der Waals surface area contributed by atoms with Crippen LogP contribution in [0.3, 0.4) is 0 Å². The van der Waals surface area contributed by atoms with Crippen LogP contribution >= 0.6 is 0 Å². The summed E-state index contributed by atoms with van der Waals surface area (Å²) in [6, 6.07) is 33.1. The summed E-state index contributed by atoms with van der Waals surface area (Å²) in [6.45, 7) is 19.2. The molecule has 0 spiro atoms. The Balaban J connectivity index is 1.38. The number of rotatable bonds is 2. The Morgan fingerprint density at radius 2 is 0.932 bits per heavy atom. The molecule has 1 aliphatic heterocycles. The number of fused-ring (bicyclic) bond motifs is 6. The van der Waals surface area contributed by atoms with Crippen molar-refractivity contribution in [2.24, 2.45) is 0 Å². The van der Waals surface area contributed by atoms with Crippen LogP contribution in [0.2, 0.25) is 22.5 Å². The standard InChI is InChI=1S/C40H42Si.2CH3.Hf/c1-39(2,3)31-17-9-13-27(21-31)35-19-11-15-29-23-33(25-37(29)35)41(7,8)34-24-30-16-12-20-36(38(30)26-34)28-14-10-18-32(22-28)40(4,5)6;;;/h9-26H,1-8H3;2*1H3;. The molecule has 2 atom stereocenters. The van der Waals surface area contributed by atoms with Gasteiger partial charge in [-0.25, -0.2) is 0 Å². The van der Waals surface area contributed by atoms with E-state index in [0.717, 1.165) is 0 Å². The zero-order chi connectivity index (χ0) is 31.4. The van der Waals surface area contributed by atoms with E-state index in [1.807, 2.05) is 10.4 Å². The first-order valence-electron chi connectivity index (χ1n) is 16.5. The number of hydrogen-bond acceptors (Lipinski definition) is 0. The predicted molar refractivity (Wildman–Crippen MR) is 192 cm³/mol. The first-order valence-corrected chi connectivity index (χ1v) is 30.9. The summed E-state index contributed by atoms with van der Waals surface area (Å²) >= 11 is -3.04. The quantitative estimate of drug-likeness (QED) is 0.179. The van der Waals surface area contributed by atoms with Crippen LogP contribution in [0, 0.1) is 0 Å². The molecule has 1 saturated heterocycles. The molecule has 1 fully saturated rings. The molecule has 0 aromatic heterocycles. The van der Waals surface area contributed by atoms with Crippen LogP contribution < -0.4 is 0 Å². The summed E-state index contributed by atoms with van der Waals surface area (Å²) in [5.74, 6) is 0. The predicted octanol–water partition coefficient (Wildman–Crippen LogP) is 12.2. The molecule has 4 aromatic carbocycles. The Hall–Kier alpha value is -2.55. The second-order valence-corrected chi connectivity index (χ2v) is 38.4. The van der Waals surface area contributed by atoms with Crippen molar-refractivity contribution in [1.29, 1.82) is 0 Å². The molecule has 44 heavy (non-hydrogen) atoms. The molecule has 2 aliphatic carbocycles. The molecule has 7 rings (SSSR count). The maximum atomic E-state index is 2.78. The Labute approximate surface area is 271 Å². The van der Waals surface area contributed by atoms with Gasteiger partial charge in [0.05, 0.1) is 0 Å². The van der Waals surface area contributed by atoms with Gasteiger partial charge >= 0.3 is 273 Å². The van der Waals surface area contributed by atoms with Gasteiger partial charge in [0.2, 0.25) is 0 Å². The van der Waals surface area contributed by atoms with Crippen LogP contribution in [0.5, 0.6) is 0 Å². The molecule has 1 heterocycles. The number of benzene rings is 4. The fraction of sp³-hybridized carbons (Fsp3) is 0.333. The average molecular weight is 759 g/mol. The van der Waals surface area contributed by atoms with Crippen LogP contribution in [0.1, 0.15) is 82.3 Å². The molecule has 0 saturated carbocycles. The third-order valence-corrected chi connectivity index (χ3v) is 32.1. The van der Waals surface area contributed by atoms with Crippen molar-refractivity contribution in [1.82, 2.24) is 0 Å². The van der Waals surface area contributed by atoms with E-state index in [4.69, 9.17) is 0 Å². The van der Waals surface area contributed by atoms with E-state index in [0.29, 0.717) is 7.35 Å². The zero-order valence-electron chi connectivity index (χ0n) is 28.4. The van der Waals surface area contributed by atoms with Gasteiger partial charge in [-0.1, -0.05) is 0 Å². The third-order valence-electron chi connectivity index (χ3n) is 11.1. The molecule has 0 N–H and O–H groups in total. The average Bonchev–Trinajstić information content (AvgIpc) is 3.57. The van der Waals surface area contributed by atoms with Gasteiger partial charge in [0.15, 0.2) is 0 Å². The minimum absolute atomic E-state index is 0.137. The van der Waals surface area contributed by atoms with Crippen molar-refractivity contribution < 1.29 is 20.0 Å². The van der Waals surface area contributed by atoms with Crippen LogP contribution in [0.25, 0.3) is 34.4 Å². The van der Waals surface area contributed by atoms with Gasteiger partial charge in [0, 0.05) is 0 Å². The van der Waals surface area contributed by atoms with Crippen LogP contribution in [-0.2, 0) is 30.8 Å². The molecule has 2 heteroatoms. The molecule has 3 aliphatic rings. The summed E-state index contributed by atoms with van der Waals surface area (Å²) in [6.07, 6.45) is 5.39. The van der Waals surface area contributed by atoms with Crippen molar-refractivity contribution in [2.75, 3.05) is 0 Å². The summed E-state index contributed by atoms with van der Waals surface area (Å²) in [5, 5.41) is 3.62. The first-order chi connectivity index (χ1) is 20.6. The molecule has 0 amide bonds. The molecular weight excluding hydrogens is 711 g/mol. The SMILES string of the molecule is CC(C)(C)c1cccc(-c2cccc3c2C=C2[CH]3[Hf]([CH3])([CH3])[CH]3C(=Cc4c(-c5cccc(C(C)(C)C)c5)cccc43)[Si]2(C)C)c1. The van der Waals surface area contributed by atoms with E-state index in [2.05, 4.69) is 161 Å². The van der Waals surface area contributed by atoms with Gasteiger partial charge < -0.3 is 0 Å². The van der Waals surface area contributed by atoms with Crippen molar-refractivity contribution >= 4 is 20.2 Å². The molecule has 0 bridgehead atoms. The van der Waals surface area contributed by atoms with E-state index >= 15 is 0 Å². The van der Waals surface area contributed by atoms with E-state index < -0.39 is 28.0 Å². The minimum atomic E-state index is -3.04. The normalized spacial score (nSPS) is 21.1. The molecule has 224 valence electrons. The Morgan fingerprint density at radius 3 is 1.32 bits per heavy atom. The molecule has 0 nitrogen and oxygen atoms in total. The zero-order valence-corrected chi connectivity index (χ0v) is 33.0. The topological polar surface area (TPSA) is 0 Å². The monoisotopic (exact) mass is 760 g/mol. The van der Waals surface area contributed by atoms with E-state index in [9.17, 15) is 0 Å². The summed E-state index contributed by atoms with van der Waals surface area (Å²) in [5.41, 5.74) is 15.0. The van der Waals surface area contributed by atoms with Crippen LogP contribution in [0.4, 0.5) is 0 Å². The van der Waals surface area contributed by atoms with Crippen LogP contribution in [-0.4, -0.2) is 8.07 Å². The van der Waals surface area contributed by atoms with Gasteiger partial charge in [-0.15, -0.1) is 0 Å². The first kappa shape index (κ1) is 30.1. The van der Waals surface area contributed by atoms with Gasteiger partial charge in [-0.2, -0.15) is 0 Å². The summed E-state index contributed by atoms with van der Waals surface area (Å²) in [4.78, 5) is 0. The van der Waals surface area contributed by atoms with Crippen molar-refractivity contribution in [3.8, 4) is 22.3 Å². The molecule has 0 radical (unpaired) electrons. The second-order valence-electron chi connectivity index (χ2n) is 16.8. The fourth-order valence-electron chi connectivity index (χ4n) is 8.63. The van der Waals surface area contributed by atoms with Gasteiger partial charge in [-0.05, 0) is 0 Å².